The lowest BCUT2D eigenvalue weighted by Crippen LogP contribution is -2.32. The quantitative estimate of drug-likeness (QED) is 0.549. The van der Waals surface area contributed by atoms with Gasteiger partial charge in [-0.25, -0.2) is 0 Å². The normalized spacial score (nSPS) is 14.1. The van der Waals surface area contributed by atoms with Crippen LogP contribution in [-0.2, 0) is 16.1 Å². The van der Waals surface area contributed by atoms with E-state index in [2.05, 4.69) is 15.0 Å². The molecule has 0 aliphatic carbocycles. The lowest BCUT2D eigenvalue weighted by molar-refractivity contribution is -0.274. The van der Waals surface area contributed by atoms with E-state index in [9.17, 15) is 22.8 Å². The third-order valence-electron chi connectivity index (χ3n) is 4.94. The summed E-state index contributed by atoms with van der Waals surface area (Å²) in [6, 6.07) is 15.5. The molecule has 0 saturated heterocycles. The first-order valence-corrected chi connectivity index (χ1v) is 9.90. The lowest BCUT2D eigenvalue weighted by Gasteiger charge is -2.15. The summed E-state index contributed by atoms with van der Waals surface area (Å²) in [6.07, 6.45) is -1.74. The summed E-state index contributed by atoms with van der Waals surface area (Å²) in [7, 11) is 0. The smallest absolute Gasteiger partial charge is 0.406 e. The van der Waals surface area contributed by atoms with Gasteiger partial charge in [0.05, 0.1) is 12.1 Å². The number of ether oxygens (including phenoxy) is 1. The molecule has 1 aromatic heterocycles. The second-order valence-corrected chi connectivity index (χ2v) is 7.37. The Morgan fingerprint density at radius 2 is 1.67 bits per heavy atom. The standard InChI is InChI=1S/C24H18F3N3O3/c1-15-5-7-17(8-6-15)20-21(29-18-3-2-4-19(13-18)33-24(25,26)27)23(32)30(22(20)31)14-16-9-11-28-12-10-16/h2-13,29H,14H2,1H3. The number of anilines is 1. The highest BCUT2D eigenvalue weighted by Gasteiger charge is 2.39. The number of nitrogens with one attached hydrogen (secondary N) is 1. The Hall–Kier alpha value is -4.14. The van der Waals surface area contributed by atoms with Crippen LogP contribution < -0.4 is 10.1 Å². The Morgan fingerprint density at radius 3 is 2.33 bits per heavy atom. The molecule has 6 nitrogen and oxygen atoms in total. The molecular weight excluding hydrogens is 435 g/mol. The maximum atomic E-state index is 13.3. The van der Waals surface area contributed by atoms with Gasteiger partial charge in [-0.15, -0.1) is 13.2 Å². The zero-order valence-electron chi connectivity index (χ0n) is 17.4. The van der Waals surface area contributed by atoms with Crippen molar-refractivity contribution in [1.29, 1.82) is 0 Å². The van der Waals surface area contributed by atoms with Crippen molar-refractivity contribution in [2.75, 3.05) is 5.32 Å². The van der Waals surface area contributed by atoms with Gasteiger partial charge in [0, 0.05) is 24.1 Å². The van der Waals surface area contributed by atoms with Gasteiger partial charge in [0.15, 0.2) is 0 Å². The molecule has 2 amide bonds. The van der Waals surface area contributed by atoms with Gasteiger partial charge in [0.2, 0.25) is 0 Å². The molecule has 33 heavy (non-hydrogen) atoms. The molecule has 0 saturated carbocycles. The van der Waals surface area contributed by atoms with Crippen LogP contribution in [0.5, 0.6) is 5.75 Å². The molecule has 3 aromatic rings. The number of carbonyl (C=O) groups is 2. The highest BCUT2D eigenvalue weighted by atomic mass is 19.4. The number of carbonyl (C=O) groups excluding carboxylic acids is 2. The maximum absolute atomic E-state index is 13.3. The number of benzene rings is 2. The van der Waals surface area contributed by atoms with Gasteiger partial charge in [0.25, 0.3) is 11.8 Å². The summed E-state index contributed by atoms with van der Waals surface area (Å²) in [6.45, 7) is 1.92. The highest BCUT2D eigenvalue weighted by molar-refractivity contribution is 6.36. The van der Waals surface area contributed by atoms with E-state index in [0.29, 0.717) is 11.1 Å². The summed E-state index contributed by atoms with van der Waals surface area (Å²) >= 11 is 0. The summed E-state index contributed by atoms with van der Waals surface area (Å²) in [5, 5.41) is 2.83. The second kappa shape index (κ2) is 8.78. The van der Waals surface area contributed by atoms with Gasteiger partial charge in [-0.05, 0) is 42.3 Å². The van der Waals surface area contributed by atoms with E-state index in [-0.39, 0.29) is 23.5 Å². The first kappa shape index (κ1) is 22.1. The molecular formula is C24H18F3N3O3. The van der Waals surface area contributed by atoms with Gasteiger partial charge >= 0.3 is 6.36 Å². The fourth-order valence-electron chi connectivity index (χ4n) is 3.41. The van der Waals surface area contributed by atoms with E-state index in [1.165, 1.54) is 12.1 Å². The number of hydrogen-bond acceptors (Lipinski definition) is 5. The Balaban J connectivity index is 1.71. The largest absolute Gasteiger partial charge is 0.573 e. The zero-order valence-corrected chi connectivity index (χ0v) is 17.4. The molecule has 4 rings (SSSR count). The third-order valence-corrected chi connectivity index (χ3v) is 4.94. The molecule has 9 heteroatoms. The summed E-state index contributed by atoms with van der Waals surface area (Å²) in [5.41, 5.74) is 2.47. The lowest BCUT2D eigenvalue weighted by atomic mass is 10.0. The Kier molecular flexibility index (Phi) is 5.87. The van der Waals surface area contributed by atoms with Crippen molar-refractivity contribution in [1.82, 2.24) is 9.88 Å². The number of halogens is 3. The predicted molar refractivity (Wildman–Crippen MR) is 115 cm³/mol. The number of nitrogens with zero attached hydrogens (tertiary/aromatic N) is 2. The summed E-state index contributed by atoms with van der Waals surface area (Å²) in [4.78, 5) is 31.5. The van der Waals surface area contributed by atoms with E-state index in [4.69, 9.17) is 0 Å². The van der Waals surface area contributed by atoms with Crippen molar-refractivity contribution < 1.29 is 27.5 Å². The van der Waals surface area contributed by atoms with Gasteiger partial charge in [-0.3, -0.25) is 19.5 Å². The molecule has 0 bridgehead atoms. The first-order chi connectivity index (χ1) is 15.7. The van der Waals surface area contributed by atoms with Crippen LogP contribution in [-0.4, -0.2) is 28.1 Å². The van der Waals surface area contributed by atoms with E-state index < -0.39 is 23.9 Å². The fourth-order valence-corrected chi connectivity index (χ4v) is 3.41. The number of aromatic nitrogens is 1. The number of pyridine rings is 1. The molecule has 0 spiro atoms. The first-order valence-electron chi connectivity index (χ1n) is 9.90. The number of hydrogen-bond donors (Lipinski definition) is 1. The summed E-state index contributed by atoms with van der Waals surface area (Å²) in [5.74, 6) is -1.55. The van der Waals surface area contributed by atoms with Crippen molar-refractivity contribution >= 4 is 23.1 Å². The van der Waals surface area contributed by atoms with E-state index >= 15 is 0 Å². The van der Waals surface area contributed by atoms with Crippen molar-refractivity contribution in [3.63, 3.8) is 0 Å². The number of rotatable bonds is 6. The minimum atomic E-state index is -4.86. The average molecular weight is 453 g/mol. The van der Waals surface area contributed by atoms with E-state index in [0.717, 1.165) is 22.6 Å². The number of amides is 2. The van der Waals surface area contributed by atoms with E-state index in [1.54, 1.807) is 48.8 Å². The predicted octanol–water partition coefficient (Wildman–Crippen LogP) is 4.68. The van der Waals surface area contributed by atoms with Crippen LogP contribution >= 0.6 is 0 Å². The van der Waals surface area contributed by atoms with Crippen LogP contribution in [0.25, 0.3) is 5.57 Å². The number of alkyl halides is 3. The van der Waals surface area contributed by atoms with Crippen LogP contribution in [0.15, 0.2) is 78.8 Å². The van der Waals surface area contributed by atoms with Crippen LogP contribution in [0, 0.1) is 6.92 Å². The van der Waals surface area contributed by atoms with Crippen molar-refractivity contribution in [3.05, 3.63) is 95.4 Å². The fraction of sp³-hybridized carbons (Fsp3) is 0.125. The minimum Gasteiger partial charge on any atom is -0.406 e. The Labute approximate surface area is 187 Å². The Bertz CT molecular complexity index is 1220. The van der Waals surface area contributed by atoms with Crippen molar-refractivity contribution in [3.8, 4) is 5.75 Å². The third kappa shape index (κ3) is 5.03. The van der Waals surface area contributed by atoms with Gasteiger partial charge in [0.1, 0.15) is 11.4 Å². The molecule has 1 aliphatic rings. The van der Waals surface area contributed by atoms with Crippen LogP contribution in [0.3, 0.4) is 0 Å². The van der Waals surface area contributed by atoms with E-state index in [1.807, 2.05) is 6.92 Å². The Morgan fingerprint density at radius 1 is 0.970 bits per heavy atom. The van der Waals surface area contributed by atoms with Gasteiger partial charge in [-0.1, -0.05) is 35.9 Å². The van der Waals surface area contributed by atoms with Crippen LogP contribution in [0.4, 0.5) is 18.9 Å². The van der Waals surface area contributed by atoms with Crippen LogP contribution in [0.1, 0.15) is 16.7 Å². The molecule has 1 N–H and O–H groups in total. The minimum absolute atomic E-state index is 0.0257. The van der Waals surface area contributed by atoms with Gasteiger partial charge in [-0.2, -0.15) is 0 Å². The topological polar surface area (TPSA) is 71.5 Å². The molecule has 2 heterocycles. The molecule has 2 aromatic carbocycles. The van der Waals surface area contributed by atoms with Crippen molar-refractivity contribution in [2.45, 2.75) is 19.8 Å². The zero-order chi connectivity index (χ0) is 23.6. The molecule has 0 radical (unpaired) electrons. The monoisotopic (exact) mass is 453 g/mol. The average Bonchev–Trinajstić information content (AvgIpc) is 2.98. The summed E-state index contributed by atoms with van der Waals surface area (Å²) < 4.78 is 41.8. The molecule has 0 unspecified atom stereocenters. The highest BCUT2D eigenvalue weighted by Crippen LogP contribution is 2.33. The maximum Gasteiger partial charge on any atom is 0.573 e. The molecule has 1 aliphatic heterocycles. The molecule has 0 atom stereocenters. The van der Waals surface area contributed by atoms with Crippen molar-refractivity contribution in [2.24, 2.45) is 0 Å². The van der Waals surface area contributed by atoms with Gasteiger partial charge < -0.3 is 10.1 Å². The number of imide groups is 1. The number of aryl methyl sites for hydroxylation is 1. The van der Waals surface area contributed by atoms with Crippen LogP contribution in [0.2, 0.25) is 0 Å². The SMILES string of the molecule is Cc1ccc(C2=C(Nc3cccc(OC(F)(F)F)c3)C(=O)N(Cc3ccncc3)C2=O)cc1. The molecule has 168 valence electrons. The molecule has 0 fully saturated rings. The second-order valence-electron chi connectivity index (χ2n) is 7.37.